The molecule has 0 radical (unpaired) electrons. The fraction of sp³-hybridized carbons (Fsp3) is 0.188. The van der Waals surface area contributed by atoms with Crippen LogP contribution in [0.5, 0.6) is 0 Å². The number of hydrogen-bond donors (Lipinski definition) is 2. The number of hydrogen-bond acceptors (Lipinski definition) is 4. The molecule has 3 rings (SSSR count). The van der Waals surface area contributed by atoms with Crippen molar-refractivity contribution in [2.24, 2.45) is 0 Å². The number of H-pyrrole nitrogens is 1. The number of rotatable bonds is 4. The Morgan fingerprint density at radius 2 is 1.95 bits per heavy atom. The van der Waals surface area contributed by atoms with Crippen LogP contribution in [-0.4, -0.2) is 15.0 Å². The first-order chi connectivity index (χ1) is 10.2. The van der Waals surface area contributed by atoms with Gasteiger partial charge in [-0.25, -0.2) is 4.98 Å². The molecule has 2 N–H and O–H groups in total. The molecule has 0 bridgehead atoms. The van der Waals surface area contributed by atoms with Crippen molar-refractivity contribution in [3.63, 3.8) is 0 Å². The van der Waals surface area contributed by atoms with Gasteiger partial charge in [-0.1, -0.05) is 12.1 Å². The van der Waals surface area contributed by atoms with Crippen LogP contribution in [0.4, 0.5) is 0 Å². The number of aromatic amines is 1. The molecular weight excluding hydrogens is 264 g/mol. The lowest BCUT2D eigenvalue weighted by Crippen LogP contribution is -2.22. The predicted molar refractivity (Wildman–Crippen MR) is 81.9 cm³/mol. The van der Waals surface area contributed by atoms with Gasteiger partial charge in [-0.3, -0.25) is 9.78 Å². The van der Waals surface area contributed by atoms with Crippen LogP contribution in [-0.2, 0) is 6.54 Å². The molecule has 106 valence electrons. The van der Waals surface area contributed by atoms with Crippen molar-refractivity contribution in [2.75, 3.05) is 0 Å². The van der Waals surface area contributed by atoms with E-state index in [0.717, 1.165) is 11.1 Å². The largest absolute Gasteiger partial charge is 0.309 e. The molecule has 0 saturated carbocycles. The molecule has 2 aromatic heterocycles. The van der Waals surface area contributed by atoms with E-state index in [1.807, 2.05) is 30.3 Å². The number of nitrogens with one attached hydrogen (secondary N) is 2. The molecule has 0 aliphatic rings. The van der Waals surface area contributed by atoms with Gasteiger partial charge < -0.3 is 10.3 Å². The molecule has 2 heterocycles. The van der Waals surface area contributed by atoms with E-state index in [2.05, 4.69) is 27.2 Å². The van der Waals surface area contributed by atoms with Gasteiger partial charge in [-0.05, 0) is 36.8 Å². The normalized spacial score (nSPS) is 12.4. The van der Waals surface area contributed by atoms with Crippen LogP contribution in [0.15, 0.2) is 53.6 Å². The molecule has 0 unspecified atom stereocenters. The van der Waals surface area contributed by atoms with Crippen molar-refractivity contribution in [2.45, 2.75) is 19.5 Å². The Hall–Kier alpha value is -2.53. The Kier molecular flexibility index (Phi) is 3.75. The fourth-order valence-electron chi connectivity index (χ4n) is 2.24. The standard InChI is InChI=1S/C16H16N4O/c1-11(12-6-8-17-9-7-12)18-10-15-19-14-5-3-2-4-13(14)16(21)20-15/h2-9,11,18H,10H2,1H3,(H,19,20,21)/t11-/m0/s1. The van der Waals surface area contributed by atoms with E-state index in [1.54, 1.807) is 18.5 Å². The first kappa shape index (κ1) is 13.5. The smallest absolute Gasteiger partial charge is 0.258 e. The van der Waals surface area contributed by atoms with Gasteiger partial charge >= 0.3 is 0 Å². The van der Waals surface area contributed by atoms with Crippen molar-refractivity contribution >= 4 is 10.9 Å². The molecule has 0 amide bonds. The number of nitrogens with zero attached hydrogens (tertiary/aromatic N) is 2. The molecule has 1 atom stereocenters. The first-order valence-corrected chi connectivity index (χ1v) is 6.85. The molecule has 3 aromatic rings. The van der Waals surface area contributed by atoms with Crippen LogP contribution in [0.2, 0.25) is 0 Å². The summed E-state index contributed by atoms with van der Waals surface area (Å²) in [4.78, 5) is 23.3. The highest BCUT2D eigenvalue weighted by Gasteiger charge is 2.07. The van der Waals surface area contributed by atoms with Crippen LogP contribution in [0.1, 0.15) is 24.4 Å². The Morgan fingerprint density at radius 3 is 2.76 bits per heavy atom. The third-order valence-electron chi connectivity index (χ3n) is 3.44. The highest BCUT2D eigenvalue weighted by Crippen LogP contribution is 2.11. The van der Waals surface area contributed by atoms with E-state index >= 15 is 0 Å². The maximum absolute atomic E-state index is 12.0. The average molecular weight is 280 g/mol. The van der Waals surface area contributed by atoms with Crippen LogP contribution in [0.3, 0.4) is 0 Å². The quantitative estimate of drug-likeness (QED) is 0.768. The second-order valence-corrected chi connectivity index (χ2v) is 4.91. The summed E-state index contributed by atoms with van der Waals surface area (Å²) in [5.74, 6) is 0.639. The lowest BCUT2D eigenvalue weighted by Gasteiger charge is -2.13. The van der Waals surface area contributed by atoms with Crippen molar-refractivity contribution < 1.29 is 0 Å². The first-order valence-electron chi connectivity index (χ1n) is 6.85. The third kappa shape index (κ3) is 2.98. The molecule has 5 nitrogen and oxygen atoms in total. The van der Waals surface area contributed by atoms with Crippen molar-refractivity contribution in [3.8, 4) is 0 Å². The topological polar surface area (TPSA) is 70.7 Å². The third-order valence-corrected chi connectivity index (χ3v) is 3.44. The van der Waals surface area contributed by atoms with Crippen LogP contribution >= 0.6 is 0 Å². The molecule has 0 spiro atoms. The van der Waals surface area contributed by atoms with Crippen LogP contribution in [0, 0.1) is 0 Å². The summed E-state index contributed by atoms with van der Waals surface area (Å²) >= 11 is 0. The van der Waals surface area contributed by atoms with Gasteiger partial charge in [0.1, 0.15) is 5.82 Å². The van der Waals surface area contributed by atoms with Crippen molar-refractivity contribution in [1.29, 1.82) is 0 Å². The summed E-state index contributed by atoms with van der Waals surface area (Å²) in [5.41, 5.74) is 1.76. The number of pyridine rings is 1. The Bertz CT molecular complexity index is 798. The second kappa shape index (κ2) is 5.85. The SMILES string of the molecule is C[C@H](NCc1nc2ccccc2c(=O)[nH]1)c1ccncc1. The van der Waals surface area contributed by atoms with Gasteiger partial charge in [0.2, 0.25) is 0 Å². The zero-order chi connectivity index (χ0) is 14.7. The Labute approximate surface area is 122 Å². The zero-order valence-corrected chi connectivity index (χ0v) is 11.7. The summed E-state index contributed by atoms with van der Waals surface area (Å²) < 4.78 is 0. The Balaban J connectivity index is 1.78. The average Bonchev–Trinajstić information content (AvgIpc) is 2.53. The number of aromatic nitrogens is 3. The van der Waals surface area contributed by atoms with Crippen LogP contribution < -0.4 is 10.9 Å². The molecular formula is C16H16N4O. The van der Waals surface area contributed by atoms with E-state index < -0.39 is 0 Å². The maximum Gasteiger partial charge on any atom is 0.258 e. The maximum atomic E-state index is 12.0. The molecule has 0 fully saturated rings. The van der Waals surface area contributed by atoms with Gasteiger partial charge in [0.25, 0.3) is 5.56 Å². The molecule has 1 aromatic carbocycles. The number of fused-ring (bicyclic) bond motifs is 1. The molecule has 5 heteroatoms. The number of benzene rings is 1. The predicted octanol–water partition coefficient (Wildman–Crippen LogP) is 2.17. The fourth-order valence-corrected chi connectivity index (χ4v) is 2.24. The van der Waals surface area contributed by atoms with Crippen LogP contribution in [0.25, 0.3) is 10.9 Å². The summed E-state index contributed by atoms with van der Waals surface area (Å²) in [6, 6.07) is 11.4. The minimum absolute atomic E-state index is 0.103. The van der Waals surface area contributed by atoms with Gasteiger partial charge in [0.05, 0.1) is 17.4 Å². The highest BCUT2D eigenvalue weighted by atomic mass is 16.1. The van der Waals surface area contributed by atoms with E-state index in [9.17, 15) is 4.79 Å². The van der Waals surface area contributed by atoms with Crippen molar-refractivity contribution in [1.82, 2.24) is 20.3 Å². The lowest BCUT2D eigenvalue weighted by molar-refractivity contribution is 0.559. The van der Waals surface area contributed by atoms with Gasteiger partial charge in [0.15, 0.2) is 0 Å². The summed E-state index contributed by atoms with van der Waals surface area (Å²) in [5, 5.41) is 3.96. The summed E-state index contributed by atoms with van der Waals surface area (Å²) in [7, 11) is 0. The van der Waals surface area contributed by atoms with E-state index in [-0.39, 0.29) is 11.6 Å². The summed E-state index contributed by atoms with van der Waals surface area (Å²) in [6.45, 7) is 2.57. The van der Waals surface area contributed by atoms with E-state index in [0.29, 0.717) is 17.8 Å². The lowest BCUT2D eigenvalue weighted by atomic mass is 10.1. The van der Waals surface area contributed by atoms with Gasteiger partial charge in [0, 0.05) is 18.4 Å². The van der Waals surface area contributed by atoms with Crippen molar-refractivity contribution in [3.05, 3.63) is 70.5 Å². The highest BCUT2D eigenvalue weighted by molar-refractivity contribution is 5.77. The minimum atomic E-state index is -0.103. The van der Waals surface area contributed by atoms with Gasteiger partial charge in [-0.2, -0.15) is 0 Å². The number of para-hydroxylation sites is 1. The zero-order valence-electron chi connectivity index (χ0n) is 11.7. The Morgan fingerprint density at radius 1 is 1.19 bits per heavy atom. The second-order valence-electron chi connectivity index (χ2n) is 4.91. The van der Waals surface area contributed by atoms with E-state index in [1.165, 1.54) is 0 Å². The van der Waals surface area contributed by atoms with E-state index in [4.69, 9.17) is 0 Å². The molecule has 0 saturated heterocycles. The summed E-state index contributed by atoms with van der Waals surface area (Å²) in [6.07, 6.45) is 3.54. The monoisotopic (exact) mass is 280 g/mol. The molecule has 0 aliphatic heterocycles. The molecule has 0 aliphatic carbocycles. The minimum Gasteiger partial charge on any atom is -0.309 e. The van der Waals surface area contributed by atoms with Gasteiger partial charge in [-0.15, -0.1) is 0 Å². The molecule has 21 heavy (non-hydrogen) atoms.